The van der Waals surface area contributed by atoms with E-state index in [4.69, 9.17) is 5.73 Å². The third kappa shape index (κ3) is 3.69. The summed E-state index contributed by atoms with van der Waals surface area (Å²) in [6.07, 6.45) is 2.31. The van der Waals surface area contributed by atoms with Crippen molar-refractivity contribution in [3.05, 3.63) is 22.4 Å². The van der Waals surface area contributed by atoms with E-state index < -0.39 is 20.7 Å². The maximum absolute atomic E-state index is 13.7. The van der Waals surface area contributed by atoms with E-state index >= 15 is 0 Å². The fourth-order valence-corrected chi connectivity index (χ4v) is 3.31. The van der Waals surface area contributed by atoms with Crippen LogP contribution in [0.5, 0.6) is 0 Å². The SMILES string of the molecule is CN(CCNS(=O)(=O)c1cc(N)c(Br)cc1F)C1CC1. The van der Waals surface area contributed by atoms with Crippen LogP contribution in [0.15, 0.2) is 21.5 Å². The minimum absolute atomic E-state index is 0.182. The number of rotatable bonds is 6. The molecule has 1 aromatic rings. The van der Waals surface area contributed by atoms with Gasteiger partial charge in [0, 0.05) is 29.3 Å². The summed E-state index contributed by atoms with van der Waals surface area (Å²) in [5.74, 6) is -0.825. The Bertz CT molecular complexity index is 605. The average Bonchev–Trinajstić information content (AvgIpc) is 3.17. The molecule has 1 aliphatic carbocycles. The molecule has 0 heterocycles. The molecule has 0 radical (unpaired) electrons. The second-order valence-electron chi connectivity index (χ2n) is 4.91. The standard InChI is InChI=1S/C12H17BrFN3O2S/c1-17(8-2-3-8)5-4-16-20(18,19)12-7-11(15)9(13)6-10(12)14/h6-8,16H,2-5,15H2,1H3. The van der Waals surface area contributed by atoms with Gasteiger partial charge in [-0.3, -0.25) is 0 Å². The Kier molecular flexibility index (Phi) is 4.68. The summed E-state index contributed by atoms with van der Waals surface area (Å²) >= 11 is 3.05. The number of halogens is 2. The smallest absolute Gasteiger partial charge is 0.243 e. The molecule has 1 saturated carbocycles. The van der Waals surface area contributed by atoms with Crippen molar-refractivity contribution in [1.82, 2.24) is 9.62 Å². The van der Waals surface area contributed by atoms with Gasteiger partial charge in [-0.1, -0.05) is 0 Å². The van der Waals surface area contributed by atoms with E-state index in [0.717, 1.165) is 25.0 Å². The van der Waals surface area contributed by atoms with Crippen LogP contribution in [0.25, 0.3) is 0 Å². The maximum Gasteiger partial charge on any atom is 0.243 e. The molecule has 0 unspecified atom stereocenters. The first-order valence-electron chi connectivity index (χ1n) is 6.25. The minimum atomic E-state index is -3.88. The fraction of sp³-hybridized carbons (Fsp3) is 0.500. The first-order chi connectivity index (χ1) is 9.31. The Hall–Kier alpha value is -0.700. The first kappa shape index (κ1) is 15.7. The molecule has 5 nitrogen and oxygen atoms in total. The summed E-state index contributed by atoms with van der Waals surface area (Å²) in [7, 11) is -1.94. The molecular weight excluding hydrogens is 349 g/mol. The highest BCUT2D eigenvalue weighted by molar-refractivity contribution is 9.10. The summed E-state index contributed by atoms with van der Waals surface area (Å²) in [6, 6.07) is 2.73. The largest absolute Gasteiger partial charge is 0.398 e. The van der Waals surface area contributed by atoms with E-state index in [1.54, 1.807) is 0 Å². The highest BCUT2D eigenvalue weighted by Gasteiger charge is 2.26. The molecule has 1 aromatic carbocycles. The van der Waals surface area contributed by atoms with Crippen molar-refractivity contribution in [2.75, 3.05) is 25.9 Å². The van der Waals surface area contributed by atoms with E-state index in [9.17, 15) is 12.8 Å². The summed E-state index contributed by atoms with van der Waals surface area (Å²) in [6.45, 7) is 0.836. The Morgan fingerprint density at radius 3 is 2.75 bits per heavy atom. The molecule has 8 heteroatoms. The van der Waals surface area contributed by atoms with Crippen LogP contribution in [0, 0.1) is 5.82 Å². The van der Waals surface area contributed by atoms with Gasteiger partial charge in [0.15, 0.2) is 0 Å². The average molecular weight is 366 g/mol. The lowest BCUT2D eigenvalue weighted by atomic mass is 10.3. The van der Waals surface area contributed by atoms with Gasteiger partial charge in [0.05, 0.1) is 0 Å². The van der Waals surface area contributed by atoms with Crippen molar-refractivity contribution < 1.29 is 12.8 Å². The molecule has 0 bridgehead atoms. The van der Waals surface area contributed by atoms with Crippen LogP contribution < -0.4 is 10.5 Å². The van der Waals surface area contributed by atoms with Crippen LogP contribution in [0.3, 0.4) is 0 Å². The Labute approximate surface area is 126 Å². The Morgan fingerprint density at radius 2 is 2.15 bits per heavy atom. The van der Waals surface area contributed by atoms with Crippen molar-refractivity contribution in [2.24, 2.45) is 0 Å². The van der Waals surface area contributed by atoms with Crippen LogP contribution in [0.2, 0.25) is 0 Å². The molecule has 20 heavy (non-hydrogen) atoms. The molecule has 0 aromatic heterocycles. The maximum atomic E-state index is 13.7. The molecule has 0 saturated heterocycles. The monoisotopic (exact) mass is 365 g/mol. The number of nitrogen functional groups attached to an aromatic ring is 1. The van der Waals surface area contributed by atoms with E-state index in [2.05, 4.69) is 25.6 Å². The van der Waals surface area contributed by atoms with Crippen LogP contribution >= 0.6 is 15.9 Å². The second-order valence-corrected chi connectivity index (χ2v) is 7.50. The fourth-order valence-electron chi connectivity index (χ4n) is 1.88. The third-order valence-electron chi connectivity index (χ3n) is 3.27. The Balaban J connectivity index is 2.04. The number of nitrogens with zero attached hydrogens (tertiary/aromatic N) is 1. The Morgan fingerprint density at radius 1 is 1.50 bits per heavy atom. The number of anilines is 1. The number of nitrogens with two attached hydrogens (primary N) is 1. The van der Waals surface area contributed by atoms with Gasteiger partial charge in [0.1, 0.15) is 10.7 Å². The topological polar surface area (TPSA) is 75.4 Å². The minimum Gasteiger partial charge on any atom is -0.398 e. The number of nitrogens with one attached hydrogen (secondary N) is 1. The molecule has 0 spiro atoms. The highest BCUT2D eigenvalue weighted by Crippen LogP contribution is 2.26. The first-order valence-corrected chi connectivity index (χ1v) is 8.53. The van der Waals surface area contributed by atoms with Gasteiger partial charge >= 0.3 is 0 Å². The van der Waals surface area contributed by atoms with Gasteiger partial charge in [-0.05, 0) is 48.0 Å². The molecule has 0 atom stereocenters. The lowest BCUT2D eigenvalue weighted by Crippen LogP contribution is -2.34. The van der Waals surface area contributed by atoms with Crippen molar-refractivity contribution in [2.45, 2.75) is 23.8 Å². The van der Waals surface area contributed by atoms with Crippen LogP contribution in [0.1, 0.15) is 12.8 Å². The zero-order valence-corrected chi connectivity index (χ0v) is 13.5. The predicted molar refractivity (Wildman–Crippen MR) is 79.4 cm³/mol. The molecule has 112 valence electrons. The quantitative estimate of drug-likeness (QED) is 0.749. The molecule has 3 N–H and O–H groups in total. The van der Waals surface area contributed by atoms with Crippen LogP contribution in [-0.4, -0.2) is 39.5 Å². The van der Waals surface area contributed by atoms with E-state index in [-0.39, 0.29) is 12.2 Å². The van der Waals surface area contributed by atoms with E-state index in [1.807, 2.05) is 7.05 Å². The summed E-state index contributed by atoms with van der Waals surface area (Å²) < 4.78 is 40.6. The van der Waals surface area contributed by atoms with Crippen LogP contribution in [0.4, 0.5) is 10.1 Å². The summed E-state index contributed by atoms with van der Waals surface area (Å²) in [5, 5.41) is 0. The molecule has 1 aliphatic rings. The molecule has 2 rings (SSSR count). The normalized spacial score (nSPS) is 15.8. The van der Waals surface area contributed by atoms with Gasteiger partial charge in [-0.15, -0.1) is 0 Å². The lowest BCUT2D eigenvalue weighted by Gasteiger charge is -2.16. The molecule has 0 amide bonds. The number of sulfonamides is 1. The number of hydrogen-bond acceptors (Lipinski definition) is 4. The summed E-state index contributed by atoms with van der Waals surface area (Å²) in [4.78, 5) is 1.67. The van der Waals surface area contributed by atoms with Crippen molar-refractivity contribution in [3.8, 4) is 0 Å². The van der Waals surface area contributed by atoms with E-state index in [0.29, 0.717) is 17.1 Å². The van der Waals surface area contributed by atoms with Gasteiger partial charge in [0.25, 0.3) is 0 Å². The van der Waals surface area contributed by atoms with Gasteiger partial charge in [-0.2, -0.15) is 0 Å². The molecular formula is C12H17BrFN3O2S. The highest BCUT2D eigenvalue weighted by atomic mass is 79.9. The van der Waals surface area contributed by atoms with Gasteiger partial charge < -0.3 is 10.6 Å². The predicted octanol–water partition coefficient (Wildman–Crippen LogP) is 1.54. The van der Waals surface area contributed by atoms with Crippen molar-refractivity contribution in [1.29, 1.82) is 0 Å². The molecule has 0 aliphatic heterocycles. The number of hydrogen-bond donors (Lipinski definition) is 2. The third-order valence-corrected chi connectivity index (χ3v) is 5.43. The zero-order valence-electron chi connectivity index (χ0n) is 11.1. The van der Waals surface area contributed by atoms with Crippen LogP contribution in [-0.2, 0) is 10.0 Å². The van der Waals surface area contributed by atoms with Crippen molar-refractivity contribution in [3.63, 3.8) is 0 Å². The second kappa shape index (κ2) is 5.97. The number of benzene rings is 1. The van der Waals surface area contributed by atoms with E-state index in [1.165, 1.54) is 0 Å². The lowest BCUT2D eigenvalue weighted by molar-refractivity contribution is 0.329. The molecule has 1 fully saturated rings. The van der Waals surface area contributed by atoms with Gasteiger partial charge in [-0.25, -0.2) is 17.5 Å². The van der Waals surface area contributed by atoms with Crippen molar-refractivity contribution >= 4 is 31.6 Å². The number of likely N-dealkylation sites (N-methyl/N-ethyl adjacent to an activating group) is 1. The van der Waals surface area contributed by atoms with Gasteiger partial charge in [0.2, 0.25) is 10.0 Å². The zero-order chi connectivity index (χ0) is 14.9. The summed E-state index contributed by atoms with van der Waals surface area (Å²) in [5.41, 5.74) is 5.78.